The van der Waals surface area contributed by atoms with Crippen molar-refractivity contribution in [2.75, 3.05) is 10.6 Å². The summed E-state index contributed by atoms with van der Waals surface area (Å²) in [4.78, 5) is 14.5. The molecule has 2 fully saturated rings. The zero-order valence-corrected chi connectivity index (χ0v) is 20.0. The van der Waals surface area contributed by atoms with Crippen molar-refractivity contribution in [3.05, 3.63) is 6.33 Å². The number of hydrogen-bond donors (Lipinski definition) is 4. The van der Waals surface area contributed by atoms with Crippen LogP contribution in [-0.2, 0) is 0 Å². The van der Waals surface area contributed by atoms with Gasteiger partial charge in [-0.05, 0) is 78.6 Å². The molecule has 0 radical (unpaired) electrons. The van der Waals surface area contributed by atoms with Gasteiger partial charge < -0.3 is 26.0 Å². The van der Waals surface area contributed by atoms with Gasteiger partial charge in [-0.2, -0.15) is 9.97 Å². The summed E-state index contributed by atoms with van der Waals surface area (Å²) in [5, 5.41) is 17.2. The van der Waals surface area contributed by atoms with Crippen molar-refractivity contribution in [3.8, 4) is 0 Å². The van der Waals surface area contributed by atoms with E-state index in [1.54, 1.807) is 0 Å². The molecular formula is C24H41N7O. The van der Waals surface area contributed by atoms with Crippen LogP contribution in [0.5, 0.6) is 0 Å². The highest BCUT2D eigenvalue weighted by atomic mass is 16.3. The van der Waals surface area contributed by atoms with Gasteiger partial charge in [-0.15, -0.1) is 0 Å². The highest BCUT2D eigenvalue weighted by Crippen LogP contribution is 2.33. The van der Waals surface area contributed by atoms with Crippen molar-refractivity contribution in [1.82, 2.24) is 19.5 Å². The van der Waals surface area contributed by atoms with Crippen LogP contribution in [0.4, 0.5) is 11.8 Å². The second-order valence-corrected chi connectivity index (χ2v) is 10.7. The molecule has 0 saturated heterocycles. The van der Waals surface area contributed by atoms with E-state index in [4.69, 9.17) is 20.7 Å². The van der Waals surface area contributed by atoms with E-state index in [9.17, 15) is 5.11 Å². The fourth-order valence-corrected chi connectivity index (χ4v) is 5.12. The van der Waals surface area contributed by atoms with E-state index in [1.165, 1.54) is 25.7 Å². The number of nitrogens with zero attached hydrogens (tertiary/aromatic N) is 4. The number of hydrogen-bond acceptors (Lipinski definition) is 7. The minimum Gasteiger partial charge on any atom is -0.390 e. The van der Waals surface area contributed by atoms with Crippen molar-refractivity contribution in [2.45, 2.75) is 121 Å². The maximum atomic E-state index is 10.0. The SMILES string of the molecule is CC(CCCC(C)(C)O)Nc1nc(N[C@H]2CC[C@H](N)CC2)nc2c1ncn2C1CCCC1. The van der Waals surface area contributed by atoms with E-state index >= 15 is 0 Å². The van der Waals surface area contributed by atoms with Crippen molar-refractivity contribution in [2.24, 2.45) is 5.73 Å². The highest BCUT2D eigenvalue weighted by molar-refractivity contribution is 5.84. The molecule has 0 aliphatic heterocycles. The predicted octanol–water partition coefficient (Wildman–Crippen LogP) is 4.36. The van der Waals surface area contributed by atoms with Gasteiger partial charge in [-0.1, -0.05) is 12.8 Å². The molecule has 4 rings (SSSR count). The summed E-state index contributed by atoms with van der Waals surface area (Å²) in [6.45, 7) is 5.90. The number of nitrogens with two attached hydrogens (primary N) is 1. The first kappa shape index (κ1) is 23.2. The van der Waals surface area contributed by atoms with Gasteiger partial charge in [-0.3, -0.25) is 0 Å². The number of aliphatic hydroxyl groups is 1. The van der Waals surface area contributed by atoms with E-state index in [1.807, 2.05) is 20.2 Å². The monoisotopic (exact) mass is 443 g/mol. The summed E-state index contributed by atoms with van der Waals surface area (Å²) >= 11 is 0. The van der Waals surface area contributed by atoms with Crippen LogP contribution in [0.25, 0.3) is 11.2 Å². The van der Waals surface area contributed by atoms with Crippen molar-refractivity contribution in [3.63, 3.8) is 0 Å². The fraction of sp³-hybridized carbons (Fsp3) is 0.792. The maximum absolute atomic E-state index is 10.0. The minimum atomic E-state index is -0.623. The quantitative estimate of drug-likeness (QED) is 0.455. The molecule has 1 unspecified atom stereocenters. The number of rotatable bonds is 9. The molecule has 0 aromatic carbocycles. The Bertz CT molecular complexity index is 876. The lowest BCUT2D eigenvalue weighted by Crippen LogP contribution is -2.33. The Hall–Kier alpha value is -1.93. The Balaban J connectivity index is 1.55. The molecule has 32 heavy (non-hydrogen) atoms. The Morgan fingerprint density at radius 3 is 2.56 bits per heavy atom. The maximum Gasteiger partial charge on any atom is 0.227 e. The van der Waals surface area contributed by atoms with Crippen LogP contribution < -0.4 is 16.4 Å². The van der Waals surface area contributed by atoms with Gasteiger partial charge >= 0.3 is 0 Å². The van der Waals surface area contributed by atoms with Crippen LogP contribution >= 0.6 is 0 Å². The summed E-state index contributed by atoms with van der Waals surface area (Å²) in [6, 6.07) is 1.40. The fourth-order valence-electron chi connectivity index (χ4n) is 5.12. The van der Waals surface area contributed by atoms with Crippen LogP contribution in [-0.4, -0.2) is 48.4 Å². The number of imidazole rings is 1. The number of nitrogens with one attached hydrogen (secondary N) is 2. The smallest absolute Gasteiger partial charge is 0.227 e. The average molecular weight is 444 g/mol. The number of anilines is 2. The predicted molar refractivity (Wildman–Crippen MR) is 130 cm³/mol. The van der Waals surface area contributed by atoms with Crippen LogP contribution in [0.3, 0.4) is 0 Å². The van der Waals surface area contributed by atoms with Gasteiger partial charge in [0.05, 0.1) is 11.9 Å². The molecule has 0 bridgehead atoms. The molecule has 2 aliphatic carbocycles. The van der Waals surface area contributed by atoms with Crippen molar-refractivity contribution < 1.29 is 5.11 Å². The molecule has 2 aromatic rings. The molecule has 1 atom stereocenters. The van der Waals surface area contributed by atoms with E-state index in [0.717, 1.165) is 61.9 Å². The lowest BCUT2D eigenvalue weighted by atomic mass is 9.92. The summed E-state index contributed by atoms with van der Waals surface area (Å²) in [5.74, 6) is 1.49. The minimum absolute atomic E-state index is 0.229. The lowest BCUT2D eigenvalue weighted by Gasteiger charge is -2.27. The number of fused-ring (bicyclic) bond motifs is 1. The second kappa shape index (κ2) is 9.91. The van der Waals surface area contributed by atoms with Crippen LogP contribution in [0.2, 0.25) is 0 Å². The first-order valence-corrected chi connectivity index (χ1v) is 12.5. The van der Waals surface area contributed by atoms with Crippen LogP contribution in [0.15, 0.2) is 6.33 Å². The Morgan fingerprint density at radius 1 is 1.16 bits per heavy atom. The molecule has 2 aliphatic rings. The molecule has 2 saturated carbocycles. The molecule has 2 heterocycles. The van der Waals surface area contributed by atoms with Gasteiger partial charge in [0.25, 0.3) is 0 Å². The first-order chi connectivity index (χ1) is 15.3. The average Bonchev–Trinajstić information content (AvgIpc) is 3.38. The zero-order chi connectivity index (χ0) is 22.7. The molecule has 0 amide bonds. The molecule has 8 heteroatoms. The molecular weight excluding hydrogens is 402 g/mol. The van der Waals surface area contributed by atoms with Crippen molar-refractivity contribution in [1.29, 1.82) is 0 Å². The van der Waals surface area contributed by atoms with E-state index in [-0.39, 0.29) is 6.04 Å². The Morgan fingerprint density at radius 2 is 1.88 bits per heavy atom. The second-order valence-electron chi connectivity index (χ2n) is 10.7. The summed E-state index contributed by atoms with van der Waals surface area (Å²) in [5.41, 5.74) is 7.24. The normalized spacial score (nSPS) is 23.5. The molecule has 2 aromatic heterocycles. The summed E-state index contributed by atoms with van der Waals surface area (Å²) in [7, 11) is 0. The topological polar surface area (TPSA) is 114 Å². The van der Waals surface area contributed by atoms with Gasteiger partial charge in [0.1, 0.15) is 0 Å². The van der Waals surface area contributed by atoms with Gasteiger partial charge in [-0.25, -0.2) is 4.98 Å². The summed E-state index contributed by atoms with van der Waals surface area (Å²) in [6.07, 6.45) is 13.8. The largest absolute Gasteiger partial charge is 0.390 e. The summed E-state index contributed by atoms with van der Waals surface area (Å²) < 4.78 is 2.26. The lowest BCUT2D eigenvalue weighted by molar-refractivity contribution is 0.0680. The standard InChI is InChI=1S/C24H41N7O/c1-16(7-6-14-24(2,3)32)27-21-20-22(31(15-26-20)19-8-4-5-9-19)30-23(29-21)28-18-12-10-17(25)11-13-18/h15-19,32H,4-14,25H2,1-3H3,(H2,27,28,29,30)/t16?,17-,18-. The Labute approximate surface area is 191 Å². The molecule has 8 nitrogen and oxygen atoms in total. The van der Waals surface area contributed by atoms with Crippen LogP contribution in [0, 0.1) is 0 Å². The van der Waals surface area contributed by atoms with Gasteiger partial charge in [0.15, 0.2) is 17.0 Å². The number of aromatic nitrogens is 4. The highest BCUT2D eigenvalue weighted by Gasteiger charge is 2.24. The van der Waals surface area contributed by atoms with Gasteiger partial charge in [0.2, 0.25) is 5.95 Å². The first-order valence-electron chi connectivity index (χ1n) is 12.5. The molecule has 178 valence electrons. The third-order valence-electron chi connectivity index (χ3n) is 7.05. The Kier molecular flexibility index (Phi) is 7.20. The third kappa shape index (κ3) is 5.90. The van der Waals surface area contributed by atoms with E-state index in [0.29, 0.717) is 24.1 Å². The molecule has 5 N–H and O–H groups in total. The van der Waals surface area contributed by atoms with Gasteiger partial charge in [0, 0.05) is 24.2 Å². The van der Waals surface area contributed by atoms with E-state index in [2.05, 4.69) is 22.1 Å². The van der Waals surface area contributed by atoms with Crippen LogP contribution in [0.1, 0.15) is 97.4 Å². The molecule has 0 spiro atoms. The third-order valence-corrected chi connectivity index (χ3v) is 7.05. The van der Waals surface area contributed by atoms with Crippen molar-refractivity contribution >= 4 is 22.9 Å². The van der Waals surface area contributed by atoms with E-state index < -0.39 is 5.60 Å². The zero-order valence-electron chi connectivity index (χ0n) is 20.0.